The van der Waals surface area contributed by atoms with Gasteiger partial charge < -0.3 is 14.2 Å². The van der Waals surface area contributed by atoms with Crippen molar-refractivity contribution in [2.45, 2.75) is 52.7 Å². The Morgan fingerprint density at radius 3 is 2.57 bits per heavy atom. The van der Waals surface area contributed by atoms with Crippen LogP contribution in [0.25, 0.3) is 0 Å². The van der Waals surface area contributed by atoms with Crippen LogP contribution in [0.5, 0.6) is 11.5 Å². The number of carbonyl (C=O) groups excluding carboxylic acids is 1. The van der Waals surface area contributed by atoms with Crippen LogP contribution in [0.4, 0.5) is 0 Å². The van der Waals surface area contributed by atoms with Crippen molar-refractivity contribution in [1.82, 2.24) is 4.90 Å². The molecule has 30 heavy (non-hydrogen) atoms. The molecule has 0 bridgehead atoms. The van der Waals surface area contributed by atoms with Crippen LogP contribution in [-0.2, 0) is 14.3 Å². The number of hydrogen-bond donors (Lipinski definition) is 0. The van der Waals surface area contributed by atoms with Crippen LogP contribution < -0.4 is 4.74 Å². The van der Waals surface area contributed by atoms with Crippen LogP contribution in [0.2, 0.25) is 0 Å². The third kappa shape index (κ3) is 6.57. The van der Waals surface area contributed by atoms with E-state index >= 15 is 0 Å². The van der Waals surface area contributed by atoms with Gasteiger partial charge in [0.2, 0.25) is 0 Å². The minimum Gasteiger partial charge on any atom is -0.460 e. The van der Waals surface area contributed by atoms with E-state index in [0.717, 1.165) is 35.7 Å². The molecule has 1 atom stereocenters. The summed E-state index contributed by atoms with van der Waals surface area (Å²) in [5.74, 6) is 1.54. The summed E-state index contributed by atoms with van der Waals surface area (Å²) in [4.78, 5) is 14.3. The van der Waals surface area contributed by atoms with Gasteiger partial charge in [-0.15, -0.1) is 0 Å². The van der Waals surface area contributed by atoms with Crippen molar-refractivity contribution in [3.63, 3.8) is 0 Å². The van der Waals surface area contributed by atoms with Crippen LogP contribution in [0.3, 0.4) is 0 Å². The predicted molar refractivity (Wildman–Crippen MR) is 118 cm³/mol. The zero-order chi connectivity index (χ0) is 21.7. The average molecular weight is 412 g/mol. The minimum absolute atomic E-state index is 0.00728. The number of benzene rings is 2. The van der Waals surface area contributed by atoms with Crippen molar-refractivity contribution < 1.29 is 19.0 Å². The van der Waals surface area contributed by atoms with E-state index in [1.807, 2.05) is 39.8 Å². The quantitative estimate of drug-likeness (QED) is 0.612. The van der Waals surface area contributed by atoms with Crippen molar-refractivity contribution in [3.8, 4) is 11.5 Å². The molecule has 0 saturated carbocycles. The highest BCUT2D eigenvalue weighted by Crippen LogP contribution is 2.29. The molecule has 162 valence electrons. The first-order valence-corrected chi connectivity index (χ1v) is 10.6. The Morgan fingerprint density at radius 2 is 1.87 bits per heavy atom. The second-order valence-corrected chi connectivity index (χ2v) is 8.94. The minimum atomic E-state index is -0.439. The lowest BCUT2D eigenvalue weighted by Crippen LogP contribution is -2.39. The van der Waals surface area contributed by atoms with E-state index in [9.17, 15) is 4.79 Å². The zero-order valence-corrected chi connectivity index (χ0v) is 18.7. The van der Waals surface area contributed by atoms with Gasteiger partial charge in [-0.05, 0) is 69.5 Å². The first-order chi connectivity index (χ1) is 14.2. The third-order valence-corrected chi connectivity index (χ3v) is 5.03. The maximum absolute atomic E-state index is 12.0. The van der Waals surface area contributed by atoms with Crippen molar-refractivity contribution in [2.75, 3.05) is 26.2 Å². The monoisotopic (exact) mass is 411 g/mol. The van der Waals surface area contributed by atoms with Gasteiger partial charge in [0.05, 0.1) is 19.1 Å². The fourth-order valence-electron chi connectivity index (χ4n) is 3.44. The third-order valence-electron chi connectivity index (χ3n) is 5.03. The van der Waals surface area contributed by atoms with Gasteiger partial charge in [0.1, 0.15) is 17.1 Å². The van der Waals surface area contributed by atoms with E-state index in [2.05, 4.69) is 42.2 Å². The number of nitrogens with zero attached hydrogens (tertiary/aromatic N) is 1. The Hall–Kier alpha value is -2.37. The molecule has 1 unspecified atom stereocenters. The Morgan fingerprint density at radius 1 is 1.13 bits per heavy atom. The highest BCUT2D eigenvalue weighted by molar-refractivity contribution is 5.70. The second-order valence-electron chi connectivity index (χ2n) is 8.94. The summed E-state index contributed by atoms with van der Waals surface area (Å²) < 4.78 is 17.4. The van der Waals surface area contributed by atoms with Crippen molar-refractivity contribution >= 4 is 5.97 Å². The van der Waals surface area contributed by atoms with Crippen LogP contribution in [0, 0.1) is 13.8 Å². The van der Waals surface area contributed by atoms with Gasteiger partial charge >= 0.3 is 5.97 Å². The van der Waals surface area contributed by atoms with Gasteiger partial charge in [-0.2, -0.15) is 0 Å². The number of morpholine rings is 1. The molecule has 2 aromatic carbocycles. The summed E-state index contributed by atoms with van der Waals surface area (Å²) in [6, 6.07) is 14.3. The molecule has 1 fully saturated rings. The summed E-state index contributed by atoms with van der Waals surface area (Å²) in [5.41, 5.74) is 2.96. The first kappa shape index (κ1) is 22.3. The van der Waals surface area contributed by atoms with E-state index in [1.54, 1.807) is 0 Å². The van der Waals surface area contributed by atoms with E-state index < -0.39 is 5.60 Å². The fourth-order valence-corrected chi connectivity index (χ4v) is 3.44. The molecule has 2 aromatic rings. The lowest BCUT2D eigenvalue weighted by molar-refractivity contribution is -0.155. The van der Waals surface area contributed by atoms with Gasteiger partial charge in [-0.25, -0.2) is 0 Å². The number of esters is 1. The zero-order valence-electron chi connectivity index (χ0n) is 18.7. The lowest BCUT2D eigenvalue weighted by Gasteiger charge is -2.33. The van der Waals surface area contributed by atoms with Crippen LogP contribution in [0.1, 0.15) is 50.0 Å². The van der Waals surface area contributed by atoms with Gasteiger partial charge in [-0.3, -0.25) is 9.69 Å². The van der Waals surface area contributed by atoms with Crippen molar-refractivity contribution in [3.05, 3.63) is 59.2 Å². The van der Waals surface area contributed by atoms with E-state index in [-0.39, 0.29) is 12.1 Å². The molecule has 1 aliphatic heterocycles. The van der Waals surface area contributed by atoms with E-state index in [0.29, 0.717) is 19.6 Å². The lowest BCUT2D eigenvalue weighted by atomic mass is 10.1. The molecule has 0 aliphatic carbocycles. The maximum Gasteiger partial charge on any atom is 0.307 e. The number of hydrogen-bond acceptors (Lipinski definition) is 5. The highest BCUT2D eigenvalue weighted by atomic mass is 16.6. The Kier molecular flexibility index (Phi) is 7.16. The fraction of sp³-hybridized carbons (Fsp3) is 0.480. The Labute approximate surface area is 179 Å². The van der Waals surface area contributed by atoms with Gasteiger partial charge in [-0.1, -0.05) is 24.3 Å². The maximum atomic E-state index is 12.0. The summed E-state index contributed by atoms with van der Waals surface area (Å²) in [6.45, 7) is 12.7. The molecule has 1 saturated heterocycles. The van der Waals surface area contributed by atoms with Crippen LogP contribution in [-0.4, -0.2) is 42.7 Å². The SMILES string of the molecule is Cc1ccc(C)c(Oc2ccc(C3CN(CCC(=O)OC(C)(C)C)CCO3)cc2)c1. The highest BCUT2D eigenvalue weighted by Gasteiger charge is 2.23. The largest absolute Gasteiger partial charge is 0.460 e. The topological polar surface area (TPSA) is 48.0 Å². The molecule has 0 N–H and O–H groups in total. The molecule has 5 heteroatoms. The molecule has 5 nitrogen and oxygen atoms in total. The standard InChI is InChI=1S/C25H33NO4/c1-18-6-7-19(2)22(16-18)29-21-10-8-20(9-11-21)23-17-26(14-15-28-23)13-12-24(27)30-25(3,4)5/h6-11,16,23H,12-15,17H2,1-5H3. The molecule has 1 heterocycles. The number of rotatable bonds is 6. The summed E-state index contributed by atoms with van der Waals surface area (Å²) in [6.07, 6.45) is 0.388. The smallest absolute Gasteiger partial charge is 0.307 e. The first-order valence-electron chi connectivity index (χ1n) is 10.6. The molecule has 1 aliphatic rings. The molecule has 0 spiro atoms. The molecule has 0 aromatic heterocycles. The summed E-state index contributed by atoms with van der Waals surface area (Å²) in [5, 5.41) is 0. The summed E-state index contributed by atoms with van der Waals surface area (Å²) in [7, 11) is 0. The molecule has 0 radical (unpaired) electrons. The van der Waals surface area contributed by atoms with Crippen molar-refractivity contribution in [2.24, 2.45) is 0 Å². The Balaban J connectivity index is 1.55. The predicted octanol–water partition coefficient (Wildman–Crippen LogP) is 5.20. The Bertz CT molecular complexity index is 854. The van der Waals surface area contributed by atoms with E-state index in [1.165, 1.54) is 5.56 Å². The number of aryl methyl sites for hydroxylation is 2. The van der Waals surface area contributed by atoms with Gasteiger partial charge in [0.25, 0.3) is 0 Å². The number of carbonyl (C=O) groups is 1. The summed E-state index contributed by atoms with van der Waals surface area (Å²) >= 11 is 0. The molecular formula is C25H33NO4. The second kappa shape index (κ2) is 9.63. The van der Waals surface area contributed by atoms with Gasteiger partial charge in [0, 0.05) is 19.6 Å². The normalized spacial score (nSPS) is 17.6. The average Bonchev–Trinajstić information content (AvgIpc) is 2.69. The van der Waals surface area contributed by atoms with E-state index in [4.69, 9.17) is 14.2 Å². The van der Waals surface area contributed by atoms with Gasteiger partial charge in [0.15, 0.2) is 0 Å². The van der Waals surface area contributed by atoms with Crippen LogP contribution >= 0.6 is 0 Å². The number of ether oxygens (including phenoxy) is 3. The van der Waals surface area contributed by atoms with Crippen LogP contribution in [0.15, 0.2) is 42.5 Å². The molecular weight excluding hydrogens is 378 g/mol. The molecule has 3 rings (SSSR count). The molecule has 0 amide bonds. The van der Waals surface area contributed by atoms with Crippen molar-refractivity contribution in [1.29, 1.82) is 0 Å².